The number of alkyl halides is 3. The molecule has 0 unspecified atom stereocenters. The largest absolute Gasteiger partial charge is 0.508 e. The van der Waals surface area contributed by atoms with E-state index in [4.69, 9.17) is 23.2 Å². The fourth-order valence-electron chi connectivity index (χ4n) is 6.36. The Hall–Kier alpha value is -1.42. The highest BCUT2D eigenvalue weighted by atomic mass is 79.9. The maximum atomic E-state index is 13.7. The summed E-state index contributed by atoms with van der Waals surface area (Å²) in [4.78, 5) is 52.2. The van der Waals surface area contributed by atoms with Crippen LogP contribution in [0.4, 0.5) is 0 Å². The fourth-order valence-corrected chi connectivity index (χ4v) is 8.16. The van der Waals surface area contributed by atoms with Crippen molar-refractivity contribution >= 4 is 78.7 Å². The third-order valence-electron chi connectivity index (χ3n) is 7.85. The van der Waals surface area contributed by atoms with Crippen molar-refractivity contribution in [3.63, 3.8) is 0 Å². The van der Waals surface area contributed by atoms with Crippen molar-refractivity contribution in [1.29, 1.82) is 0 Å². The summed E-state index contributed by atoms with van der Waals surface area (Å²) < 4.78 is 0.637. The van der Waals surface area contributed by atoms with Gasteiger partial charge in [0.05, 0.1) is 17.3 Å². The molecule has 11 heteroatoms. The number of halogens is 4. The third-order valence-corrected chi connectivity index (χ3v) is 10.3. The first-order valence-corrected chi connectivity index (χ1v) is 14.0. The lowest BCUT2D eigenvalue weighted by molar-refractivity contribution is -0.141. The summed E-state index contributed by atoms with van der Waals surface area (Å²) in [5.41, 5.74) is 0.888. The second kappa shape index (κ2) is 8.57. The highest BCUT2D eigenvalue weighted by Gasteiger charge is 2.76. The lowest BCUT2D eigenvalue weighted by Gasteiger charge is -2.50. The molecule has 2 saturated heterocycles. The van der Waals surface area contributed by atoms with Crippen molar-refractivity contribution in [3.05, 3.63) is 39.9 Å². The minimum Gasteiger partial charge on any atom is -0.508 e. The van der Waals surface area contributed by atoms with Crippen LogP contribution < -0.4 is 0 Å². The first-order chi connectivity index (χ1) is 16.5. The number of fused-ring (bicyclic) bond motifs is 4. The summed E-state index contributed by atoms with van der Waals surface area (Å²) in [5.74, 6) is -4.77. The van der Waals surface area contributed by atoms with Gasteiger partial charge in [0.25, 0.3) is 11.8 Å². The number of phenols is 1. The summed E-state index contributed by atoms with van der Waals surface area (Å²) in [5, 5.41) is 10.9. The van der Waals surface area contributed by atoms with Gasteiger partial charge in [0.15, 0.2) is 9.75 Å². The third kappa shape index (κ3) is 3.20. The van der Waals surface area contributed by atoms with Gasteiger partial charge >= 0.3 is 0 Å². The number of benzene rings is 1. The lowest BCUT2D eigenvalue weighted by atomic mass is 9.56. The fraction of sp³-hybridized carbons (Fsp3) is 0.500. The van der Waals surface area contributed by atoms with Crippen molar-refractivity contribution in [2.75, 3.05) is 12.0 Å². The number of hydrogen-bond acceptors (Lipinski definition) is 5. The molecule has 3 fully saturated rings. The molecule has 0 bridgehead atoms. The number of hydrogen-bond donors (Lipinski definition) is 1. The molecular formula is C24H22Br2Cl2N2O5. The molecule has 1 N–H and O–H groups in total. The standard InChI is InChI=1S/C24H22Br2Cl2N2O5/c1-2-7-29-19(32)13-5-4-12-15(17(13)20(29)33)9-23(27)21(34)30(10-25)22(35)24(23,28)18(12)14-8-11(26)3-6-16(14)31/h3-4,6,8,13,15,17-18,31H,2,5,7,9-10H2,1H3/t13-,15+,17-,18+,23+,24-/m0/s1. The van der Waals surface area contributed by atoms with Gasteiger partial charge < -0.3 is 5.11 Å². The molecular weight excluding hydrogens is 627 g/mol. The van der Waals surface area contributed by atoms with Gasteiger partial charge in [0, 0.05) is 22.5 Å². The Morgan fingerprint density at radius 2 is 1.80 bits per heavy atom. The first kappa shape index (κ1) is 25.2. The van der Waals surface area contributed by atoms with E-state index < -0.39 is 45.2 Å². The summed E-state index contributed by atoms with van der Waals surface area (Å²) >= 11 is 20.8. The molecule has 1 saturated carbocycles. The van der Waals surface area contributed by atoms with E-state index in [1.807, 2.05) is 13.0 Å². The average Bonchev–Trinajstić information content (AvgIpc) is 3.14. The van der Waals surface area contributed by atoms with Gasteiger partial charge in [0.1, 0.15) is 5.75 Å². The van der Waals surface area contributed by atoms with E-state index in [9.17, 15) is 24.3 Å². The molecule has 5 rings (SSSR count). The van der Waals surface area contributed by atoms with Crippen molar-refractivity contribution in [1.82, 2.24) is 9.80 Å². The maximum absolute atomic E-state index is 13.7. The number of aromatic hydroxyl groups is 1. The predicted octanol–water partition coefficient (Wildman–Crippen LogP) is 4.28. The van der Waals surface area contributed by atoms with Crippen LogP contribution >= 0.6 is 55.1 Å². The van der Waals surface area contributed by atoms with Crippen LogP contribution in [-0.2, 0) is 19.2 Å². The van der Waals surface area contributed by atoms with Crippen LogP contribution in [0, 0.1) is 17.8 Å². The van der Waals surface area contributed by atoms with Gasteiger partial charge in [-0.2, -0.15) is 0 Å². The molecule has 2 aliphatic carbocycles. The number of nitrogens with zero attached hydrogens (tertiary/aromatic N) is 2. The van der Waals surface area contributed by atoms with Crippen molar-refractivity contribution in [2.24, 2.45) is 17.8 Å². The molecule has 0 aromatic heterocycles. The van der Waals surface area contributed by atoms with E-state index in [1.165, 1.54) is 11.0 Å². The molecule has 4 amide bonds. The molecule has 186 valence electrons. The number of imide groups is 2. The Kier molecular flexibility index (Phi) is 6.18. The van der Waals surface area contributed by atoms with Gasteiger partial charge in [0.2, 0.25) is 11.8 Å². The number of carbonyl (C=O) groups excluding carboxylic acids is 4. The van der Waals surface area contributed by atoms with Crippen molar-refractivity contribution in [2.45, 2.75) is 41.9 Å². The van der Waals surface area contributed by atoms with Gasteiger partial charge in [-0.3, -0.25) is 29.0 Å². The molecule has 35 heavy (non-hydrogen) atoms. The minimum atomic E-state index is -1.93. The zero-order valence-corrected chi connectivity index (χ0v) is 23.3. The summed E-state index contributed by atoms with van der Waals surface area (Å²) in [6.45, 7) is 2.22. The SMILES string of the molecule is CCCN1C(=O)[C@H]2[C@H](CC=C3[C@H]2C[C@@]2(Cl)C(=O)N(CBr)C(=O)[C@@]2(Cl)[C@H]3c2cc(Br)ccc2O)C1=O. The van der Waals surface area contributed by atoms with Gasteiger partial charge in [-0.1, -0.05) is 50.4 Å². The topological polar surface area (TPSA) is 95.0 Å². The Morgan fingerprint density at radius 3 is 2.46 bits per heavy atom. The Bertz CT molecular complexity index is 1210. The number of carbonyl (C=O) groups is 4. The Labute approximate surface area is 229 Å². The monoisotopic (exact) mass is 646 g/mol. The lowest BCUT2D eigenvalue weighted by Crippen LogP contribution is -2.60. The van der Waals surface area contributed by atoms with Gasteiger partial charge in [-0.05, 0) is 43.4 Å². The number of likely N-dealkylation sites (tertiary alicyclic amines) is 2. The second-order valence-electron chi connectivity index (χ2n) is 9.52. The van der Waals surface area contributed by atoms with E-state index in [0.29, 0.717) is 35.0 Å². The van der Waals surface area contributed by atoms with Crippen LogP contribution in [-0.4, -0.2) is 60.3 Å². The van der Waals surface area contributed by atoms with Crippen LogP contribution in [0.2, 0.25) is 0 Å². The number of allylic oxidation sites excluding steroid dienone is 2. The Morgan fingerprint density at radius 1 is 1.09 bits per heavy atom. The van der Waals surface area contributed by atoms with E-state index in [2.05, 4.69) is 31.9 Å². The highest BCUT2D eigenvalue weighted by molar-refractivity contribution is 9.10. The molecule has 0 spiro atoms. The molecule has 2 heterocycles. The predicted molar refractivity (Wildman–Crippen MR) is 136 cm³/mol. The zero-order chi connectivity index (χ0) is 25.4. The van der Waals surface area contributed by atoms with Crippen LogP contribution in [0.5, 0.6) is 5.75 Å². The van der Waals surface area contributed by atoms with E-state index >= 15 is 0 Å². The number of amides is 4. The molecule has 6 atom stereocenters. The zero-order valence-electron chi connectivity index (χ0n) is 18.6. The minimum absolute atomic E-state index is 0.0661. The molecule has 4 aliphatic rings. The van der Waals surface area contributed by atoms with Gasteiger partial charge in [-0.25, -0.2) is 0 Å². The highest BCUT2D eigenvalue weighted by Crippen LogP contribution is 2.66. The molecule has 0 radical (unpaired) electrons. The van der Waals surface area contributed by atoms with Gasteiger partial charge in [-0.15, -0.1) is 23.2 Å². The van der Waals surface area contributed by atoms with Crippen molar-refractivity contribution < 1.29 is 24.3 Å². The number of phenolic OH excluding ortho intramolecular Hbond substituents is 1. The second-order valence-corrected chi connectivity index (χ2v) is 12.2. The van der Waals surface area contributed by atoms with E-state index in [-0.39, 0.29) is 29.4 Å². The molecule has 1 aromatic carbocycles. The summed E-state index contributed by atoms with van der Waals surface area (Å²) in [6.07, 6.45) is 2.73. The molecule has 7 nitrogen and oxygen atoms in total. The quantitative estimate of drug-likeness (QED) is 0.228. The normalized spacial score (nSPS) is 36.3. The van der Waals surface area contributed by atoms with Crippen molar-refractivity contribution in [3.8, 4) is 5.75 Å². The van der Waals surface area contributed by atoms with E-state index in [1.54, 1.807) is 12.1 Å². The molecule has 1 aromatic rings. The van der Waals surface area contributed by atoms with Crippen LogP contribution in [0.25, 0.3) is 0 Å². The van der Waals surface area contributed by atoms with Crippen LogP contribution in [0.3, 0.4) is 0 Å². The first-order valence-electron chi connectivity index (χ1n) is 11.4. The maximum Gasteiger partial charge on any atom is 0.254 e. The summed E-state index contributed by atoms with van der Waals surface area (Å²) in [7, 11) is 0. The molecule has 2 aliphatic heterocycles. The Balaban J connectivity index is 1.74. The summed E-state index contributed by atoms with van der Waals surface area (Å²) in [6, 6.07) is 4.77. The number of rotatable bonds is 4. The van der Waals surface area contributed by atoms with E-state index in [0.717, 1.165) is 4.90 Å². The average molecular weight is 649 g/mol. The smallest absolute Gasteiger partial charge is 0.254 e. The van der Waals surface area contributed by atoms with Crippen LogP contribution in [0.15, 0.2) is 34.3 Å². The van der Waals surface area contributed by atoms with Crippen LogP contribution in [0.1, 0.15) is 37.7 Å².